The number of pyridine rings is 1. The van der Waals surface area contributed by atoms with Gasteiger partial charge in [0.05, 0.1) is 20.8 Å². The molecule has 30 heavy (non-hydrogen) atoms. The van der Waals surface area contributed by atoms with E-state index >= 15 is 0 Å². The van der Waals surface area contributed by atoms with Crippen LogP contribution in [0.4, 0.5) is 0 Å². The molecule has 0 saturated carbocycles. The summed E-state index contributed by atoms with van der Waals surface area (Å²) in [4.78, 5) is 19.3. The van der Waals surface area contributed by atoms with Gasteiger partial charge in [-0.25, -0.2) is 0 Å². The normalized spacial score (nSPS) is 15.1. The summed E-state index contributed by atoms with van der Waals surface area (Å²) in [5, 5.41) is 11.7. The van der Waals surface area contributed by atoms with E-state index in [9.17, 15) is 4.79 Å². The molecule has 0 spiro atoms. The molecule has 0 aliphatic carbocycles. The van der Waals surface area contributed by atoms with Crippen LogP contribution < -0.4 is 14.8 Å². The van der Waals surface area contributed by atoms with Gasteiger partial charge in [-0.1, -0.05) is 24.3 Å². The fourth-order valence-corrected chi connectivity index (χ4v) is 3.66. The second-order valence-corrected chi connectivity index (χ2v) is 6.93. The molecule has 7 heteroatoms. The lowest BCUT2D eigenvalue weighted by Gasteiger charge is -2.28. The average molecular weight is 402 g/mol. The van der Waals surface area contributed by atoms with Crippen molar-refractivity contribution in [1.29, 1.82) is 5.41 Å². The molecule has 2 N–H and O–H groups in total. The molecule has 4 rings (SSSR count). The van der Waals surface area contributed by atoms with Crippen molar-refractivity contribution >= 4 is 11.9 Å². The minimum atomic E-state index is -1.22. The highest BCUT2D eigenvalue weighted by Crippen LogP contribution is 2.37. The van der Waals surface area contributed by atoms with Crippen LogP contribution in [0, 0.1) is 5.41 Å². The number of nitrogens with one attached hydrogen (secondary N) is 2. The largest absolute Gasteiger partial charge is 0.497 e. The van der Waals surface area contributed by atoms with Gasteiger partial charge in [-0.05, 0) is 53.1 Å². The molecule has 7 nitrogen and oxygen atoms in total. The van der Waals surface area contributed by atoms with Crippen LogP contribution in [-0.4, -0.2) is 36.0 Å². The van der Waals surface area contributed by atoms with Crippen molar-refractivity contribution in [3.05, 3.63) is 89.7 Å². The van der Waals surface area contributed by atoms with E-state index in [4.69, 9.17) is 14.9 Å². The van der Waals surface area contributed by atoms with Crippen molar-refractivity contribution in [2.75, 3.05) is 14.2 Å². The third kappa shape index (κ3) is 3.24. The number of ether oxygens (including phenoxy) is 2. The summed E-state index contributed by atoms with van der Waals surface area (Å²) in [5.41, 5.74) is 1.12. The highest BCUT2D eigenvalue weighted by atomic mass is 16.5. The number of carbonyl (C=O) groups excluding carboxylic acids is 1. The van der Waals surface area contributed by atoms with Crippen molar-refractivity contribution in [1.82, 2.24) is 15.2 Å². The van der Waals surface area contributed by atoms with Crippen molar-refractivity contribution in [3.63, 3.8) is 0 Å². The smallest absolute Gasteiger partial charge is 0.264 e. The summed E-state index contributed by atoms with van der Waals surface area (Å²) < 4.78 is 10.5. The number of hydrogen-bond acceptors (Lipinski definition) is 5. The molecule has 2 heterocycles. The second kappa shape index (κ2) is 7.87. The number of methoxy groups -OCH3 is 2. The first-order valence-corrected chi connectivity index (χ1v) is 9.45. The monoisotopic (exact) mass is 402 g/mol. The molecule has 1 saturated heterocycles. The van der Waals surface area contributed by atoms with E-state index in [2.05, 4.69) is 10.3 Å². The summed E-state index contributed by atoms with van der Waals surface area (Å²) in [6, 6.07) is 18.3. The molecule has 0 bridgehead atoms. The lowest BCUT2D eigenvalue weighted by Crippen LogP contribution is -2.45. The van der Waals surface area contributed by atoms with Gasteiger partial charge < -0.3 is 14.8 Å². The average Bonchev–Trinajstić information content (AvgIpc) is 3.05. The Bertz CT molecular complexity index is 1000. The van der Waals surface area contributed by atoms with E-state index < -0.39 is 5.54 Å². The van der Waals surface area contributed by atoms with Crippen LogP contribution in [0.2, 0.25) is 0 Å². The molecule has 1 amide bonds. The van der Waals surface area contributed by atoms with E-state index in [0.29, 0.717) is 11.5 Å². The Morgan fingerprint density at radius 3 is 1.87 bits per heavy atom. The Hall–Kier alpha value is -3.87. The standard InChI is InChI=1S/C23H22N4O3/c1-29-19-7-3-17(4-8-19)23(18-5-9-20(30-2)10-6-18)21(28)27(22(24)26-23)15-16-11-13-25-14-12-16/h3-14H,15H2,1-2H3,(H2,24,26). The van der Waals surface area contributed by atoms with Crippen LogP contribution in [-0.2, 0) is 16.9 Å². The Kier molecular flexibility index (Phi) is 5.10. The van der Waals surface area contributed by atoms with Crippen LogP contribution in [0.1, 0.15) is 16.7 Å². The predicted octanol–water partition coefficient (Wildman–Crippen LogP) is 2.91. The molecule has 2 aromatic carbocycles. The summed E-state index contributed by atoms with van der Waals surface area (Å²) >= 11 is 0. The van der Waals surface area contributed by atoms with Crippen LogP contribution in [0.5, 0.6) is 11.5 Å². The third-order valence-electron chi connectivity index (χ3n) is 5.28. The number of amides is 1. The zero-order valence-electron chi connectivity index (χ0n) is 16.8. The number of hydrogen-bond donors (Lipinski definition) is 2. The highest BCUT2D eigenvalue weighted by Gasteiger charge is 2.52. The molecular formula is C23H22N4O3. The number of guanidine groups is 1. The van der Waals surface area contributed by atoms with Crippen molar-refractivity contribution in [2.24, 2.45) is 0 Å². The first-order chi connectivity index (χ1) is 14.6. The fraction of sp³-hybridized carbons (Fsp3) is 0.174. The number of carbonyl (C=O) groups is 1. The number of aromatic nitrogens is 1. The van der Waals surface area contributed by atoms with E-state index in [1.54, 1.807) is 26.6 Å². The van der Waals surface area contributed by atoms with Crippen molar-refractivity contribution in [2.45, 2.75) is 12.1 Å². The molecular weight excluding hydrogens is 380 g/mol. The first kappa shape index (κ1) is 19.4. The van der Waals surface area contributed by atoms with Gasteiger partial charge in [0.15, 0.2) is 11.5 Å². The molecule has 1 fully saturated rings. The Morgan fingerprint density at radius 1 is 0.900 bits per heavy atom. The van der Waals surface area contributed by atoms with Crippen LogP contribution in [0.15, 0.2) is 73.1 Å². The molecule has 1 aliphatic rings. The first-order valence-electron chi connectivity index (χ1n) is 9.45. The van der Waals surface area contributed by atoms with Gasteiger partial charge in [0.2, 0.25) is 0 Å². The molecule has 1 aromatic heterocycles. The molecule has 0 radical (unpaired) electrons. The van der Waals surface area contributed by atoms with E-state index in [1.807, 2.05) is 60.7 Å². The Morgan fingerprint density at radius 2 is 1.40 bits per heavy atom. The second-order valence-electron chi connectivity index (χ2n) is 6.93. The number of nitrogens with zero attached hydrogens (tertiary/aromatic N) is 2. The van der Waals surface area contributed by atoms with Crippen LogP contribution in [0.3, 0.4) is 0 Å². The molecule has 152 valence electrons. The maximum Gasteiger partial charge on any atom is 0.264 e. The quantitative estimate of drug-likeness (QED) is 0.662. The van der Waals surface area contributed by atoms with Gasteiger partial charge in [0.1, 0.15) is 11.5 Å². The lowest BCUT2D eigenvalue weighted by atomic mass is 9.82. The zero-order chi connectivity index (χ0) is 21.1. The summed E-state index contributed by atoms with van der Waals surface area (Å²) in [5.74, 6) is 1.21. The summed E-state index contributed by atoms with van der Waals surface area (Å²) in [6.07, 6.45) is 3.35. The topological polar surface area (TPSA) is 87.5 Å². The maximum absolute atomic E-state index is 13.8. The fourth-order valence-electron chi connectivity index (χ4n) is 3.66. The predicted molar refractivity (Wildman–Crippen MR) is 112 cm³/mol. The summed E-state index contributed by atoms with van der Waals surface area (Å²) in [7, 11) is 3.19. The Balaban J connectivity index is 1.80. The van der Waals surface area contributed by atoms with E-state index in [-0.39, 0.29) is 18.4 Å². The van der Waals surface area contributed by atoms with Crippen molar-refractivity contribution in [3.8, 4) is 11.5 Å². The third-order valence-corrected chi connectivity index (χ3v) is 5.28. The zero-order valence-corrected chi connectivity index (χ0v) is 16.8. The number of rotatable bonds is 6. The molecule has 3 aromatic rings. The van der Waals surface area contributed by atoms with Gasteiger partial charge in [0.25, 0.3) is 5.91 Å². The SMILES string of the molecule is COc1ccc(C2(c3ccc(OC)cc3)NC(=N)N(Cc3ccncc3)C2=O)cc1. The van der Waals surface area contributed by atoms with E-state index in [0.717, 1.165) is 16.7 Å². The van der Waals surface area contributed by atoms with Crippen LogP contribution >= 0.6 is 0 Å². The van der Waals surface area contributed by atoms with E-state index in [1.165, 1.54) is 4.90 Å². The van der Waals surface area contributed by atoms with Gasteiger partial charge in [-0.3, -0.25) is 20.1 Å². The van der Waals surface area contributed by atoms with Gasteiger partial charge in [-0.15, -0.1) is 0 Å². The Labute approximate surface area is 174 Å². The van der Waals surface area contributed by atoms with Gasteiger partial charge in [-0.2, -0.15) is 0 Å². The molecule has 0 atom stereocenters. The molecule has 0 unspecified atom stereocenters. The van der Waals surface area contributed by atoms with Crippen LogP contribution in [0.25, 0.3) is 0 Å². The van der Waals surface area contributed by atoms with Crippen molar-refractivity contribution < 1.29 is 14.3 Å². The minimum Gasteiger partial charge on any atom is -0.497 e. The van der Waals surface area contributed by atoms with Gasteiger partial charge in [0, 0.05) is 12.4 Å². The maximum atomic E-state index is 13.8. The lowest BCUT2D eigenvalue weighted by molar-refractivity contribution is -0.130. The minimum absolute atomic E-state index is 0.0449. The highest BCUT2D eigenvalue weighted by molar-refractivity contribution is 6.10. The molecule has 1 aliphatic heterocycles. The number of benzene rings is 2. The van der Waals surface area contributed by atoms with Gasteiger partial charge >= 0.3 is 0 Å². The summed E-state index contributed by atoms with van der Waals surface area (Å²) in [6.45, 7) is 0.279.